The van der Waals surface area contributed by atoms with E-state index in [1.165, 1.54) is 11.3 Å². The minimum absolute atomic E-state index is 0.532. The van der Waals surface area contributed by atoms with Gasteiger partial charge in [0.1, 0.15) is 0 Å². The van der Waals surface area contributed by atoms with Crippen LogP contribution in [0, 0.1) is 0 Å². The first-order valence-corrected chi connectivity index (χ1v) is 6.77. The molecule has 2 rings (SSSR count). The number of benzene rings is 1. The highest BCUT2D eigenvalue weighted by molar-refractivity contribution is 7.16. The highest BCUT2D eigenvalue weighted by Gasteiger charge is 2.24. The van der Waals surface area contributed by atoms with E-state index < -0.39 is 5.60 Å². The molecule has 0 amide bonds. The summed E-state index contributed by atoms with van der Waals surface area (Å²) >= 11 is 13.3. The number of thiophene rings is 1. The highest BCUT2D eigenvalue weighted by atomic mass is 35.5. The van der Waals surface area contributed by atoms with Crippen LogP contribution in [-0.4, -0.2) is 5.11 Å². The molecule has 1 aromatic heterocycles. The second kappa shape index (κ2) is 4.99. The summed E-state index contributed by atoms with van der Waals surface area (Å²) in [7, 11) is 0. The van der Waals surface area contributed by atoms with Gasteiger partial charge in [0.05, 0.1) is 9.94 Å². The Kier molecular flexibility index (Phi) is 3.79. The summed E-state index contributed by atoms with van der Waals surface area (Å²) in [6.07, 6.45) is 0.532. The Morgan fingerprint density at radius 3 is 2.59 bits per heavy atom. The van der Waals surface area contributed by atoms with Crippen molar-refractivity contribution < 1.29 is 5.11 Å². The average molecular weight is 287 g/mol. The van der Waals surface area contributed by atoms with Gasteiger partial charge < -0.3 is 5.11 Å². The van der Waals surface area contributed by atoms with Gasteiger partial charge in [-0.15, -0.1) is 11.3 Å². The number of hydrogen-bond donors (Lipinski definition) is 1. The third-order valence-corrected chi connectivity index (χ3v) is 4.06. The third kappa shape index (κ3) is 3.23. The molecule has 0 saturated heterocycles. The van der Waals surface area contributed by atoms with Gasteiger partial charge in [-0.3, -0.25) is 0 Å². The van der Waals surface area contributed by atoms with E-state index in [2.05, 4.69) is 0 Å². The molecule has 1 atom stereocenters. The first-order valence-electron chi connectivity index (χ1n) is 5.20. The van der Waals surface area contributed by atoms with Crippen LogP contribution in [0.4, 0.5) is 0 Å². The van der Waals surface area contributed by atoms with Crippen molar-refractivity contribution in [3.8, 4) is 0 Å². The van der Waals surface area contributed by atoms with Crippen LogP contribution in [0.15, 0.2) is 36.4 Å². The first-order chi connectivity index (χ1) is 7.97. The lowest BCUT2D eigenvalue weighted by Crippen LogP contribution is -2.23. The lowest BCUT2D eigenvalue weighted by atomic mass is 9.92. The number of hydrogen-bond acceptors (Lipinski definition) is 2. The van der Waals surface area contributed by atoms with Crippen LogP contribution in [0.2, 0.25) is 9.36 Å². The van der Waals surface area contributed by atoms with Gasteiger partial charge in [0.15, 0.2) is 0 Å². The van der Waals surface area contributed by atoms with Crippen LogP contribution in [0.5, 0.6) is 0 Å². The molecule has 0 fully saturated rings. The molecule has 17 heavy (non-hydrogen) atoms. The molecule has 2 aromatic rings. The van der Waals surface area contributed by atoms with E-state index >= 15 is 0 Å². The Balaban J connectivity index is 2.24. The molecule has 0 aliphatic carbocycles. The van der Waals surface area contributed by atoms with E-state index in [4.69, 9.17) is 23.2 Å². The van der Waals surface area contributed by atoms with Gasteiger partial charge in [-0.25, -0.2) is 0 Å². The van der Waals surface area contributed by atoms with E-state index in [1.54, 1.807) is 19.1 Å². The normalized spacial score (nSPS) is 14.6. The van der Waals surface area contributed by atoms with Crippen molar-refractivity contribution in [3.05, 3.63) is 56.2 Å². The molecular weight excluding hydrogens is 275 g/mol. The zero-order valence-electron chi connectivity index (χ0n) is 9.28. The van der Waals surface area contributed by atoms with Gasteiger partial charge in [-0.2, -0.15) is 0 Å². The lowest BCUT2D eigenvalue weighted by molar-refractivity contribution is 0.0585. The molecule has 90 valence electrons. The zero-order valence-corrected chi connectivity index (χ0v) is 11.6. The Morgan fingerprint density at radius 2 is 2.00 bits per heavy atom. The average Bonchev–Trinajstić information content (AvgIpc) is 2.63. The van der Waals surface area contributed by atoms with Crippen molar-refractivity contribution in [2.45, 2.75) is 18.9 Å². The minimum atomic E-state index is -0.931. The van der Waals surface area contributed by atoms with Crippen LogP contribution in [-0.2, 0) is 12.0 Å². The summed E-state index contributed by atoms with van der Waals surface area (Å²) < 4.78 is 0.738. The molecule has 0 bridgehead atoms. The van der Waals surface area contributed by atoms with Crippen LogP contribution in [0.1, 0.15) is 17.4 Å². The fraction of sp³-hybridized carbons (Fsp3) is 0.231. The van der Waals surface area contributed by atoms with E-state index in [0.717, 1.165) is 14.8 Å². The molecule has 4 heteroatoms. The second-order valence-electron chi connectivity index (χ2n) is 4.17. The van der Waals surface area contributed by atoms with E-state index in [9.17, 15) is 5.11 Å². The maximum Gasteiger partial charge on any atom is 0.0931 e. The van der Waals surface area contributed by atoms with Crippen molar-refractivity contribution in [1.82, 2.24) is 0 Å². The SMILES string of the molecule is CC(O)(Cc1ccc(Cl)s1)c1cccc(Cl)c1. The maximum atomic E-state index is 10.5. The Hall–Kier alpha value is -0.540. The van der Waals surface area contributed by atoms with Crippen molar-refractivity contribution in [2.75, 3.05) is 0 Å². The molecule has 1 nitrogen and oxygen atoms in total. The van der Waals surface area contributed by atoms with Gasteiger partial charge in [-0.05, 0) is 36.8 Å². The Bertz CT molecular complexity index is 520. The summed E-state index contributed by atoms with van der Waals surface area (Å²) in [5.41, 5.74) is -0.117. The van der Waals surface area contributed by atoms with E-state index in [-0.39, 0.29) is 0 Å². The van der Waals surface area contributed by atoms with E-state index in [1.807, 2.05) is 24.3 Å². The molecule has 0 radical (unpaired) electrons. The smallest absolute Gasteiger partial charge is 0.0931 e. The van der Waals surface area contributed by atoms with Crippen molar-refractivity contribution in [2.24, 2.45) is 0 Å². The van der Waals surface area contributed by atoms with Gasteiger partial charge >= 0.3 is 0 Å². The molecule has 1 aromatic carbocycles. The van der Waals surface area contributed by atoms with Crippen LogP contribution in [0.25, 0.3) is 0 Å². The number of aliphatic hydroxyl groups is 1. The molecule has 1 heterocycles. The summed E-state index contributed by atoms with van der Waals surface area (Å²) in [4.78, 5) is 1.06. The van der Waals surface area contributed by atoms with Crippen LogP contribution >= 0.6 is 34.5 Å². The molecule has 1 N–H and O–H groups in total. The third-order valence-electron chi connectivity index (χ3n) is 2.59. The standard InChI is InChI=1S/C13H12Cl2OS/c1-13(16,8-11-5-6-12(15)17-11)9-3-2-4-10(14)7-9/h2-7,16H,8H2,1H3. The topological polar surface area (TPSA) is 20.2 Å². The van der Waals surface area contributed by atoms with E-state index in [0.29, 0.717) is 11.4 Å². The zero-order chi connectivity index (χ0) is 12.5. The first kappa shape index (κ1) is 12.9. The van der Waals surface area contributed by atoms with Crippen LogP contribution in [0.3, 0.4) is 0 Å². The second-order valence-corrected chi connectivity index (χ2v) is 6.40. The summed E-state index contributed by atoms with van der Waals surface area (Å²) in [6, 6.07) is 11.1. The Morgan fingerprint density at radius 1 is 1.24 bits per heavy atom. The molecule has 0 spiro atoms. The molecule has 0 aliphatic rings. The summed E-state index contributed by atoms with van der Waals surface area (Å²) in [6.45, 7) is 1.78. The minimum Gasteiger partial charge on any atom is -0.385 e. The predicted molar refractivity (Wildman–Crippen MR) is 74.1 cm³/mol. The Labute approximate surface area is 115 Å². The molecular formula is C13H12Cl2OS. The lowest BCUT2D eigenvalue weighted by Gasteiger charge is -2.23. The fourth-order valence-corrected chi connectivity index (χ4v) is 3.14. The maximum absolute atomic E-state index is 10.5. The fourth-order valence-electron chi connectivity index (χ4n) is 1.71. The van der Waals surface area contributed by atoms with Gasteiger partial charge in [0.25, 0.3) is 0 Å². The monoisotopic (exact) mass is 286 g/mol. The van der Waals surface area contributed by atoms with Crippen LogP contribution < -0.4 is 0 Å². The molecule has 0 saturated carbocycles. The van der Waals surface area contributed by atoms with Crippen molar-refractivity contribution >= 4 is 34.5 Å². The van der Waals surface area contributed by atoms with Gasteiger partial charge in [0, 0.05) is 16.3 Å². The quantitative estimate of drug-likeness (QED) is 0.881. The molecule has 0 aliphatic heterocycles. The number of rotatable bonds is 3. The molecule has 1 unspecified atom stereocenters. The van der Waals surface area contributed by atoms with Gasteiger partial charge in [-0.1, -0.05) is 35.3 Å². The summed E-state index contributed by atoms with van der Waals surface area (Å²) in [5, 5.41) is 11.1. The number of halogens is 2. The van der Waals surface area contributed by atoms with Crippen molar-refractivity contribution in [3.63, 3.8) is 0 Å². The largest absolute Gasteiger partial charge is 0.385 e. The van der Waals surface area contributed by atoms with Gasteiger partial charge in [0.2, 0.25) is 0 Å². The predicted octanol–water partition coefficient (Wildman–Crippen LogP) is 4.51. The van der Waals surface area contributed by atoms with Crippen molar-refractivity contribution in [1.29, 1.82) is 0 Å². The summed E-state index contributed by atoms with van der Waals surface area (Å²) in [5.74, 6) is 0. The highest BCUT2D eigenvalue weighted by Crippen LogP contribution is 2.31.